The molecular weight excluding hydrogens is 208 g/mol. The van der Waals surface area contributed by atoms with Crippen molar-refractivity contribution in [1.29, 1.82) is 0 Å². The molecule has 2 N–H and O–H groups in total. The molecule has 1 fully saturated rings. The molecule has 0 saturated carbocycles. The molecule has 0 spiro atoms. The van der Waals surface area contributed by atoms with Crippen LogP contribution in [0, 0.1) is 5.41 Å². The zero-order valence-electron chi connectivity index (χ0n) is 12.4. The Hall–Kier alpha value is -0.0800. The normalized spacial score (nSPS) is 24.5. The average Bonchev–Trinajstić information content (AvgIpc) is 2.39. The maximum absolute atomic E-state index is 6.01. The molecule has 1 aliphatic heterocycles. The van der Waals surface area contributed by atoms with Crippen LogP contribution >= 0.6 is 0 Å². The van der Waals surface area contributed by atoms with Crippen LogP contribution in [0.5, 0.6) is 0 Å². The molecule has 0 aliphatic carbocycles. The summed E-state index contributed by atoms with van der Waals surface area (Å²) >= 11 is 0. The predicted molar refractivity (Wildman–Crippen MR) is 76.2 cm³/mol. The van der Waals surface area contributed by atoms with Gasteiger partial charge in [0.2, 0.25) is 0 Å². The van der Waals surface area contributed by atoms with E-state index >= 15 is 0 Å². The van der Waals surface area contributed by atoms with E-state index in [0.717, 1.165) is 6.54 Å². The van der Waals surface area contributed by atoms with Crippen molar-refractivity contribution >= 4 is 0 Å². The molecule has 1 saturated heterocycles. The molecule has 1 rings (SSSR count). The van der Waals surface area contributed by atoms with Crippen LogP contribution in [0.2, 0.25) is 0 Å². The highest BCUT2D eigenvalue weighted by Gasteiger charge is 2.37. The van der Waals surface area contributed by atoms with Gasteiger partial charge < -0.3 is 5.73 Å². The standard InChI is InChI=1S/C15H32N2/c1-5-8-14(4,13-16)17-11-9-15(6-2,7-3)10-12-17/h5-13,16H2,1-4H3. The number of nitrogens with two attached hydrogens (primary N) is 1. The van der Waals surface area contributed by atoms with Crippen molar-refractivity contribution < 1.29 is 0 Å². The highest BCUT2D eigenvalue weighted by Crippen LogP contribution is 2.40. The number of hydrogen-bond acceptors (Lipinski definition) is 2. The van der Waals surface area contributed by atoms with Gasteiger partial charge in [0.05, 0.1) is 0 Å². The second-order valence-corrected chi connectivity index (χ2v) is 6.15. The van der Waals surface area contributed by atoms with Crippen molar-refractivity contribution in [2.75, 3.05) is 19.6 Å². The van der Waals surface area contributed by atoms with Crippen LogP contribution < -0.4 is 5.73 Å². The third kappa shape index (κ3) is 3.23. The van der Waals surface area contributed by atoms with Gasteiger partial charge in [0.25, 0.3) is 0 Å². The molecule has 1 aliphatic rings. The predicted octanol–water partition coefficient (Wildman–Crippen LogP) is 3.41. The van der Waals surface area contributed by atoms with Crippen LogP contribution in [0.3, 0.4) is 0 Å². The molecule has 1 atom stereocenters. The van der Waals surface area contributed by atoms with E-state index in [0.29, 0.717) is 5.41 Å². The first-order valence-corrected chi connectivity index (χ1v) is 7.51. The molecule has 0 amide bonds. The van der Waals surface area contributed by atoms with E-state index in [-0.39, 0.29) is 5.54 Å². The van der Waals surface area contributed by atoms with Crippen molar-refractivity contribution in [3.05, 3.63) is 0 Å². The Kier molecular flexibility index (Phi) is 5.46. The number of rotatable bonds is 6. The lowest BCUT2D eigenvalue weighted by atomic mass is 9.73. The first-order valence-electron chi connectivity index (χ1n) is 7.51. The van der Waals surface area contributed by atoms with Crippen molar-refractivity contribution in [3.63, 3.8) is 0 Å². The smallest absolute Gasteiger partial charge is 0.0303 e. The van der Waals surface area contributed by atoms with E-state index in [1.807, 2.05) is 0 Å². The third-order valence-corrected chi connectivity index (χ3v) is 5.32. The molecule has 0 aromatic heterocycles. The first kappa shape index (κ1) is 15.0. The molecule has 0 aromatic rings. The molecule has 2 nitrogen and oxygen atoms in total. The lowest BCUT2D eigenvalue weighted by Crippen LogP contribution is -2.55. The number of nitrogens with zero attached hydrogens (tertiary/aromatic N) is 1. The second-order valence-electron chi connectivity index (χ2n) is 6.15. The maximum atomic E-state index is 6.01. The van der Waals surface area contributed by atoms with Crippen LogP contribution in [0.25, 0.3) is 0 Å². The summed E-state index contributed by atoms with van der Waals surface area (Å²) in [6.07, 6.45) is 7.86. The quantitative estimate of drug-likeness (QED) is 0.771. The summed E-state index contributed by atoms with van der Waals surface area (Å²) in [4.78, 5) is 2.65. The Bertz CT molecular complexity index is 213. The van der Waals surface area contributed by atoms with Crippen molar-refractivity contribution in [3.8, 4) is 0 Å². The Morgan fingerprint density at radius 3 is 2.00 bits per heavy atom. The van der Waals surface area contributed by atoms with Gasteiger partial charge in [-0.2, -0.15) is 0 Å². The topological polar surface area (TPSA) is 29.3 Å². The fourth-order valence-electron chi connectivity index (χ4n) is 3.41. The summed E-state index contributed by atoms with van der Waals surface area (Å²) < 4.78 is 0. The third-order valence-electron chi connectivity index (χ3n) is 5.32. The molecule has 1 heterocycles. The highest BCUT2D eigenvalue weighted by atomic mass is 15.2. The number of hydrogen-bond donors (Lipinski definition) is 1. The van der Waals surface area contributed by atoms with Gasteiger partial charge in [0, 0.05) is 12.1 Å². The number of piperidine rings is 1. The lowest BCUT2D eigenvalue weighted by Gasteiger charge is -2.48. The molecule has 2 heteroatoms. The monoisotopic (exact) mass is 240 g/mol. The summed E-state index contributed by atoms with van der Waals surface area (Å²) in [5, 5.41) is 0. The second kappa shape index (κ2) is 6.19. The Balaban J connectivity index is 2.61. The summed E-state index contributed by atoms with van der Waals surface area (Å²) in [6.45, 7) is 12.6. The van der Waals surface area contributed by atoms with E-state index in [2.05, 4.69) is 32.6 Å². The Morgan fingerprint density at radius 2 is 1.65 bits per heavy atom. The zero-order chi connectivity index (χ0) is 12.9. The molecular formula is C15H32N2. The summed E-state index contributed by atoms with van der Waals surface area (Å²) in [5.74, 6) is 0. The van der Waals surface area contributed by atoms with Gasteiger partial charge in [-0.1, -0.05) is 40.0 Å². The van der Waals surface area contributed by atoms with E-state index in [1.165, 1.54) is 51.6 Å². The molecule has 0 bridgehead atoms. The van der Waals surface area contributed by atoms with E-state index < -0.39 is 0 Å². The van der Waals surface area contributed by atoms with Gasteiger partial charge in [-0.15, -0.1) is 0 Å². The van der Waals surface area contributed by atoms with Crippen LogP contribution in [0.4, 0.5) is 0 Å². The van der Waals surface area contributed by atoms with Gasteiger partial charge in [-0.25, -0.2) is 0 Å². The highest BCUT2D eigenvalue weighted by molar-refractivity contribution is 4.93. The SMILES string of the molecule is CCCC(C)(CN)N1CCC(CC)(CC)CC1. The largest absolute Gasteiger partial charge is 0.329 e. The van der Waals surface area contributed by atoms with E-state index in [1.54, 1.807) is 0 Å². The van der Waals surface area contributed by atoms with Crippen LogP contribution in [-0.4, -0.2) is 30.1 Å². The minimum atomic E-state index is 0.238. The minimum absolute atomic E-state index is 0.238. The summed E-state index contributed by atoms with van der Waals surface area (Å²) in [7, 11) is 0. The maximum Gasteiger partial charge on any atom is 0.0303 e. The van der Waals surface area contributed by atoms with Crippen molar-refractivity contribution in [2.45, 2.75) is 71.8 Å². The van der Waals surface area contributed by atoms with Crippen LogP contribution in [0.15, 0.2) is 0 Å². The van der Waals surface area contributed by atoms with E-state index in [4.69, 9.17) is 5.73 Å². The Morgan fingerprint density at radius 1 is 1.12 bits per heavy atom. The molecule has 0 radical (unpaired) electrons. The number of likely N-dealkylation sites (tertiary alicyclic amines) is 1. The first-order chi connectivity index (χ1) is 8.05. The molecule has 102 valence electrons. The molecule has 0 aromatic carbocycles. The average molecular weight is 240 g/mol. The van der Waals surface area contributed by atoms with Crippen molar-refractivity contribution in [2.24, 2.45) is 11.1 Å². The van der Waals surface area contributed by atoms with Crippen molar-refractivity contribution in [1.82, 2.24) is 4.90 Å². The Labute approximate surface area is 108 Å². The summed E-state index contributed by atoms with van der Waals surface area (Å²) in [6, 6.07) is 0. The van der Waals surface area contributed by atoms with Gasteiger partial charge in [-0.05, 0) is 44.7 Å². The summed E-state index contributed by atoms with van der Waals surface area (Å²) in [5.41, 5.74) is 6.88. The fourth-order valence-corrected chi connectivity index (χ4v) is 3.41. The van der Waals surface area contributed by atoms with Crippen LogP contribution in [-0.2, 0) is 0 Å². The van der Waals surface area contributed by atoms with Gasteiger partial charge in [0.1, 0.15) is 0 Å². The van der Waals surface area contributed by atoms with Gasteiger partial charge in [-0.3, -0.25) is 4.90 Å². The fraction of sp³-hybridized carbons (Fsp3) is 1.00. The lowest BCUT2D eigenvalue weighted by molar-refractivity contribution is 0.0204. The van der Waals surface area contributed by atoms with Gasteiger partial charge in [0.15, 0.2) is 0 Å². The van der Waals surface area contributed by atoms with Gasteiger partial charge >= 0.3 is 0 Å². The molecule has 1 unspecified atom stereocenters. The zero-order valence-corrected chi connectivity index (χ0v) is 12.4. The molecule has 17 heavy (non-hydrogen) atoms. The minimum Gasteiger partial charge on any atom is -0.329 e. The van der Waals surface area contributed by atoms with E-state index in [9.17, 15) is 0 Å². The van der Waals surface area contributed by atoms with Crippen LogP contribution in [0.1, 0.15) is 66.2 Å².